The summed E-state index contributed by atoms with van der Waals surface area (Å²) >= 11 is 0. The molecule has 0 spiro atoms. The van der Waals surface area contributed by atoms with Crippen LogP contribution >= 0.6 is 0 Å². The Kier molecular flexibility index (Phi) is 39.7. The lowest BCUT2D eigenvalue weighted by Crippen LogP contribution is -2.60. The minimum absolute atomic E-state index is 0.0401. The number of aliphatic hydroxyl groups excluding tert-OH is 3. The van der Waals surface area contributed by atoms with Crippen molar-refractivity contribution in [1.82, 2.24) is 0 Å². The molecule has 0 radical (unpaired) electrons. The molecule has 4 N–H and O–H groups in total. The highest BCUT2D eigenvalue weighted by molar-refractivity contribution is 7.80. The van der Waals surface area contributed by atoms with E-state index in [0.29, 0.717) is 13.0 Å². The van der Waals surface area contributed by atoms with Gasteiger partial charge in [0.1, 0.15) is 30.5 Å². The van der Waals surface area contributed by atoms with Crippen LogP contribution in [0.5, 0.6) is 0 Å². The predicted molar refractivity (Wildman–Crippen MR) is 253 cm³/mol. The molecular formula is C50H94O12S. The molecular weight excluding hydrogens is 825 g/mol. The zero-order chi connectivity index (χ0) is 46.1. The Morgan fingerprint density at radius 2 is 1.05 bits per heavy atom. The van der Waals surface area contributed by atoms with Gasteiger partial charge in [-0.1, -0.05) is 199 Å². The van der Waals surface area contributed by atoms with Gasteiger partial charge < -0.3 is 34.3 Å². The van der Waals surface area contributed by atoms with Crippen molar-refractivity contribution in [2.75, 3.05) is 26.4 Å². The summed E-state index contributed by atoms with van der Waals surface area (Å²) in [7, 11) is -5.06. The van der Waals surface area contributed by atoms with Crippen molar-refractivity contribution in [1.29, 1.82) is 0 Å². The molecule has 1 aliphatic rings. The number of allylic oxidation sites excluding steroid dienone is 4. The maximum Gasteiger partial charge on any atom is 0.397 e. The highest BCUT2D eigenvalue weighted by atomic mass is 32.3. The summed E-state index contributed by atoms with van der Waals surface area (Å²) in [5.74, 6) is -0.399. The van der Waals surface area contributed by atoms with E-state index in [1.165, 1.54) is 154 Å². The van der Waals surface area contributed by atoms with Crippen LogP contribution in [0.15, 0.2) is 24.3 Å². The van der Waals surface area contributed by atoms with Gasteiger partial charge in [0.2, 0.25) is 0 Å². The van der Waals surface area contributed by atoms with Crippen LogP contribution in [0.1, 0.15) is 226 Å². The van der Waals surface area contributed by atoms with E-state index in [-0.39, 0.29) is 19.6 Å². The Morgan fingerprint density at radius 1 is 0.603 bits per heavy atom. The first kappa shape index (κ1) is 59.6. The normalized spacial score (nSPS) is 20.0. The Morgan fingerprint density at radius 3 is 1.51 bits per heavy atom. The molecule has 1 rings (SSSR count). The smallest absolute Gasteiger partial charge is 0.397 e. The van der Waals surface area contributed by atoms with E-state index in [4.69, 9.17) is 23.5 Å². The molecule has 0 aliphatic carbocycles. The average Bonchev–Trinajstić information content (AvgIpc) is 3.26. The first-order valence-corrected chi connectivity index (χ1v) is 27.0. The first-order valence-electron chi connectivity index (χ1n) is 25.6. The average molecular weight is 919 g/mol. The molecule has 0 aromatic carbocycles. The predicted octanol–water partition coefficient (Wildman–Crippen LogP) is 11.6. The molecule has 6 unspecified atom stereocenters. The monoisotopic (exact) mass is 919 g/mol. The fraction of sp³-hybridized carbons (Fsp3) is 0.900. The molecule has 1 fully saturated rings. The number of hydrogen-bond donors (Lipinski definition) is 4. The second-order valence-corrected chi connectivity index (χ2v) is 18.8. The maximum atomic E-state index is 12.8. The number of hydrogen-bond acceptors (Lipinski definition) is 11. The zero-order valence-electron chi connectivity index (χ0n) is 39.9. The number of ether oxygens (including phenoxy) is 4. The zero-order valence-corrected chi connectivity index (χ0v) is 40.7. The van der Waals surface area contributed by atoms with Gasteiger partial charge in [0.25, 0.3) is 0 Å². The van der Waals surface area contributed by atoms with E-state index in [2.05, 4.69) is 42.3 Å². The van der Waals surface area contributed by atoms with Crippen molar-refractivity contribution < 1.29 is 56.2 Å². The Hall–Kier alpha value is -1.42. The first-order chi connectivity index (χ1) is 30.6. The summed E-state index contributed by atoms with van der Waals surface area (Å²) in [6.45, 7) is 3.99. The molecule has 1 aliphatic heterocycles. The molecule has 0 saturated carbocycles. The summed E-state index contributed by atoms with van der Waals surface area (Å²) in [6.07, 6.45) is 39.5. The van der Waals surface area contributed by atoms with Crippen molar-refractivity contribution in [2.24, 2.45) is 0 Å². The van der Waals surface area contributed by atoms with Gasteiger partial charge in [-0.3, -0.25) is 9.35 Å². The standard InChI is InChI=1S/C50H94O12S/c1-3-5-7-9-11-13-15-16-17-18-19-20-21-22-23-24-25-26-27-28-29-30-32-34-36-38-40-58-42-44(60-46(52)39-37-35-33-31-14-12-10-8-6-4-2)43-59-50-48(54)49(62-63(55,56)57)47(53)45(41-51)61-50/h15-16,18-19,44-45,47-51,53-54H,3-14,17,20-43H2,1-2H3,(H,55,56,57)/b16-15-,19-18-. The number of aliphatic hydroxyl groups is 3. The van der Waals surface area contributed by atoms with Gasteiger partial charge in [-0.15, -0.1) is 0 Å². The Balaban J connectivity index is 2.25. The van der Waals surface area contributed by atoms with Gasteiger partial charge in [0.15, 0.2) is 6.29 Å². The van der Waals surface area contributed by atoms with E-state index >= 15 is 0 Å². The van der Waals surface area contributed by atoms with E-state index in [1.54, 1.807) is 0 Å². The lowest BCUT2D eigenvalue weighted by molar-refractivity contribution is -0.301. The number of unbranched alkanes of at least 4 members (excludes halogenated alkanes) is 28. The molecule has 1 saturated heterocycles. The molecule has 372 valence electrons. The van der Waals surface area contributed by atoms with E-state index in [9.17, 15) is 28.5 Å². The minimum atomic E-state index is -5.06. The number of rotatable bonds is 45. The quantitative estimate of drug-likeness (QED) is 0.0197. The van der Waals surface area contributed by atoms with Gasteiger partial charge in [0, 0.05) is 13.0 Å². The molecule has 1 heterocycles. The van der Waals surface area contributed by atoms with Crippen molar-refractivity contribution in [3.63, 3.8) is 0 Å². The highest BCUT2D eigenvalue weighted by Gasteiger charge is 2.48. The SMILES string of the molecule is CCCCCCC/C=C\C/C=C\CCCCCCCCCCCCCCCCOCC(COC1OC(CO)C(O)C(OS(=O)(=O)O)C1O)OC(=O)CCCCCCCCCCCC. The lowest BCUT2D eigenvalue weighted by Gasteiger charge is -2.41. The molecule has 6 atom stereocenters. The van der Waals surface area contributed by atoms with Crippen LogP contribution in [0.2, 0.25) is 0 Å². The van der Waals surface area contributed by atoms with Crippen molar-refractivity contribution in [2.45, 2.75) is 263 Å². The van der Waals surface area contributed by atoms with Crippen LogP contribution in [0.3, 0.4) is 0 Å². The fourth-order valence-corrected chi connectivity index (χ4v) is 8.45. The topological polar surface area (TPSA) is 178 Å². The summed E-state index contributed by atoms with van der Waals surface area (Å²) in [5, 5.41) is 30.7. The third-order valence-corrected chi connectivity index (χ3v) is 12.3. The maximum absolute atomic E-state index is 12.8. The van der Waals surface area contributed by atoms with Crippen molar-refractivity contribution in [3.8, 4) is 0 Å². The second-order valence-electron chi connectivity index (χ2n) is 17.8. The van der Waals surface area contributed by atoms with Crippen LogP contribution in [0, 0.1) is 0 Å². The Labute approximate surface area is 384 Å². The van der Waals surface area contributed by atoms with Gasteiger partial charge >= 0.3 is 16.4 Å². The summed E-state index contributed by atoms with van der Waals surface area (Å²) in [6, 6.07) is 0. The molecule has 0 aromatic heterocycles. The number of esters is 1. The minimum Gasteiger partial charge on any atom is -0.457 e. The molecule has 0 aromatic rings. The second kappa shape index (κ2) is 42.0. The summed E-state index contributed by atoms with van der Waals surface area (Å²) in [5.41, 5.74) is 0. The molecule has 13 heteroatoms. The van der Waals surface area contributed by atoms with E-state index in [0.717, 1.165) is 44.9 Å². The largest absolute Gasteiger partial charge is 0.457 e. The third-order valence-electron chi connectivity index (χ3n) is 11.8. The van der Waals surface area contributed by atoms with Crippen LogP contribution < -0.4 is 0 Å². The lowest BCUT2D eigenvalue weighted by atomic mass is 9.99. The van der Waals surface area contributed by atoms with Crippen LogP contribution in [0.25, 0.3) is 0 Å². The molecule has 0 amide bonds. The van der Waals surface area contributed by atoms with Gasteiger partial charge in [-0.05, 0) is 44.9 Å². The van der Waals surface area contributed by atoms with Crippen molar-refractivity contribution >= 4 is 16.4 Å². The molecule has 0 bridgehead atoms. The summed E-state index contributed by atoms with van der Waals surface area (Å²) in [4.78, 5) is 12.8. The Bertz CT molecular complexity index is 1200. The van der Waals surface area contributed by atoms with Gasteiger partial charge in [0.05, 0.1) is 19.8 Å². The molecule has 63 heavy (non-hydrogen) atoms. The van der Waals surface area contributed by atoms with Crippen LogP contribution in [-0.2, 0) is 38.3 Å². The van der Waals surface area contributed by atoms with Gasteiger partial charge in [-0.25, -0.2) is 4.18 Å². The van der Waals surface area contributed by atoms with E-state index in [1.807, 2.05) is 0 Å². The third kappa shape index (κ3) is 35.4. The van der Waals surface area contributed by atoms with Crippen LogP contribution in [0.4, 0.5) is 0 Å². The van der Waals surface area contributed by atoms with Crippen LogP contribution in [-0.4, -0.2) is 97.5 Å². The van der Waals surface area contributed by atoms with Crippen molar-refractivity contribution in [3.05, 3.63) is 24.3 Å². The number of carbonyl (C=O) groups is 1. The fourth-order valence-electron chi connectivity index (χ4n) is 7.94. The summed E-state index contributed by atoms with van der Waals surface area (Å²) < 4.78 is 59.1. The number of carbonyl (C=O) groups excluding carboxylic acids is 1. The van der Waals surface area contributed by atoms with E-state index < -0.39 is 59.8 Å². The molecule has 12 nitrogen and oxygen atoms in total. The highest BCUT2D eigenvalue weighted by Crippen LogP contribution is 2.26. The van der Waals surface area contributed by atoms with Gasteiger partial charge in [-0.2, -0.15) is 8.42 Å².